The lowest BCUT2D eigenvalue weighted by Crippen LogP contribution is -2.52. The number of H-pyrrole nitrogens is 2. The number of nitrogens with one attached hydrogen (secondary N) is 3. The first kappa shape index (κ1) is 17.4. The summed E-state index contributed by atoms with van der Waals surface area (Å²) in [7, 11) is -4.12. The average molecular weight is 390 g/mol. The fourth-order valence-electron chi connectivity index (χ4n) is 3.21. The zero-order chi connectivity index (χ0) is 19.2. The molecule has 0 aliphatic carbocycles. The molecule has 0 bridgehead atoms. The number of benzene rings is 2. The summed E-state index contributed by atoms with van der Waals surface area (Å²) in [6.45, 7) is 0.112. The highest BCUT2D eigenvalue weighted by Gasteiger charge is 2.40. The Hall–Kier alpha value is -2.98. The van der Waals surface area contributed by atoms with Crippen LogP contribution in [-0.4, -0.2) is 41.7 Å². The lowest BCUT2D eigenvalue weighted by atomic mass is 10.0. The van der Waals surface area contributed by atoms with Crippen LogP contribution in [0.25, 0.3) is 11.0 Å². The molecule has 1 unspecified atom stereocenters. The van der Waals surface area contributed by atoms with Crippen LogP contribution in [0.1, 0.15) is 11.6 Å². The molecule has 1 aliphatic heterocycles. The van der Waals surface area contributed by atoms with Crippen molar-refractivity contribution in [2.75, 3.05) is 13.1 Å². The third kappa shape index (κ3) is 2.92. The maximum atomic E-state index is 14.3. The zero-order valence-corrected chi connectivity index (χ0v) is 14.7. The molecule has 2 heterocycles. The molecule has 1 fully saturated rings. The smallest absolute Gasteiger partial charge is 0.323 e. The van der Waals surface area contributed by atoms with Gasteiger partial charge >= 0.3 is 5.69 Å². The van der Waals surface area contributed by atoms with Gasteiger partial charge in [0.05, 0.1) is 15.9 Å². The average Bonchev–Trinajstić information content (AvgIpc) is 3.01. The molecule has 0 radical (unpaired) electrons. The van der Waals surface area contributed by atoms with Crippen molar-refractivity contribution in [3.63, 3.8) is 0 Å². The van der Waals surface area contributed by atoms with Gasteiger partial charge in [0.2, 0.25) is 15.9 Å². The molecule has 4 rings (SSSR count). The summed E-state index contributed by atoms with van der Waals surface area (Å²) in [6, 6.07) is 8.38. The van der Waals surface area contributed by atoms with Crippen LogP contribution in [0.5, 0.6) is 0 Å². The Balaban J connectivity index is 1.83. The van der Waals surface area contributed by atoms with Crippen LogP contribution < -0.4 is 11.0 Å². The summed E-state index contributed by atoms with van der Waals surface area (Å²) in [5.41, 5.74) is 0.307. The second kappa shape index (κ2) is 6.32. The van der Waals surface area contributed by atoms with Gasteiger partial charge in [-0.25, -0.2) is 17.6 Å². The molecule has 1 aliphatic rings. The first-order chi connectivity index (χ1) is 12.9. The Morgan fingerprint density at radius 1 is 1.04 bits per heavy atom. The van der Waals surface area contributed by atoms with Crippen molar-refractivity contribution in [1.29, 1.82) is 0 Å². The van der Waals surface area contributed by atoms with Crippen LogP contribution in [0.15, 0.2) is 52.2 Å². The minimum Gasteiger partial charge on any atom is -0.353 e. The predicted octanol–water partition coefficient (Wildman–Crippen LogP) is 0.857. The summed E-state index contributed by atoms with van der Waals surface area (Å²) in [5.74, 6) is -1.25. The van der Waals surface area contributed by atoms with E-state index < -0.39 is 33.5 Å². The molecule has 2 aromatic carbocycles. The minimum atomic E-state index is -4.12. The molecule has 1 saturated heterocycles. The highest BCUT2D eigenvalue weighted by molar-refractivity contribution is 7.89. The van der Waals surface area contributed by atoms with Crippen molar-refractivity contribution < 1.29 is 17.6 Å². The van der Waals surface area contributed by atoms with Crippen LogP contribution in [-0.2, 0) is 14.8 Å². The number of sulfonamides is 1. The van der Waals surface area contributed by atoms with Crippen LogP contribution in [0, 0.1) is 5.82 Å². The number of hydrogen-bond donors (Lipinski definition) is 3. The molecule has 10 heteroatoms. The summed E-state index contributed by atoms with van der Waals surface area (Å²) in [4.78, 5) is 28.8. The first-order valence-electron chi connectivity index (χ1n) is 8.14. The minimum absolute atomic E-state index is 0.00519. The number of carbonyl (C=O) groups is 1. The molecule has 1 atom stereocenters. The predicted molar refractivity (Wildman–Crippen MR) is 95.0 cm³/mol. The Kier molecular flexibility index (Phi) is 4.08. The van der Waals surface area contributed by atoms with Gasteiger partial charge in [-0.2, -0.15) is 4.31 Å². The number of carbonyl (C=O) groups excluding carboxylic acids is 1. The molecule has 27 heavy (non-hydrogen) atoms. The van der Waals surface area contributed by atoms with Crippen molar-refractivity contribution in [2.45, 2.75) is 10.9 Å². The molecule has 140 valence electrons. The molecule has 0 saturated carbocycles. The number of aromatic nitrogens is 2. The van der Waals surface area contributed by atoms with E-state index in [1.54, 1.807) is 6.07 Å². The molecule has 3 aromatic rings. The maximum absolute atomic E-state index is 14.3. The van der Waals surface area contributed by atoms with Crippen molar-refractivity contribution in [3.05, 3.63) is 64.3 Å². The van der Waals surface area contributed by atoms with Crippen LogP contribution in [0.4, 0.5) is 4.39 Å². The fourth-order valence-corrected chi connectivity index (χ4v) is 4.80. The number of rotatable bonds is 3. The van der Waals surface area contributed by atoms with E-state index in [0.717, 1.165) is 4.31 Å². The van der Waals surface area contributed by atoms with E-state index in [1.165, 1.54) is 36.4 Å². The Bertz CT molecular complexity index is 1200. The number of piperazine rings is 1. The normalized spacial score (nSPS) is 18.6. The molecular formula is C17H15FN4O4S. The standard InChI is InChI=1S/C17H15FN4O4S/c18-12-4-2-1-3-11(12)15-16(23)19-7-8-22(15)27(25,26)10-5-6-13-14(9-10)21-17(24)20-13/h1-6,9,15H,7-8H2,(H,19,23)(H2,20,21,24). The van der Waals surface area contributed by atoms with E-state index in [2.05, 4.69) is 15.3 Å². The first-order valence-corrected chi connectivity index (χ1v) is 9.58. The number of halogens is 1. The lowest BCUT2D eigenvalue weighted by Gasteiger charge is -2.34. The van der Waals surface area contributed by atoms with Crippen molar-refractivity contribution >= 4 is 27.0 Å². The number of fused-ring (bicyclic) bond motifs is 1. The highest BCUT2D eigenvalue weighted by Crippen LogP contribution is 2.31. The number of nitrogens with zero attached hydrogens (tertiary/aromatic N) is 1. The highest BCUT2D eigenvalue weighted by atomic mass is 32.2. The third-order valence-electron chi connectivity index (χ3n) is 4.46. The summed E-state index contributed by atoms with van der Waals surface area (Å²) < 4.78 is 41.7. The maximum Gasteiger partial charge on any atom is 0.323 e. The second-order valence-corrected chi connectivity index (χ2v) is 8.01. The van der Waals surface area contributed by atoms with Crippen molar-refractivity contribution in [3.8, 4) is 0 Å². The molecule has 0 spiro atoms. The van der Waals surface area contributed by atoms with Crippen LogP contribution >= 0.6 is 0 Å². The quantitative estimate of drug-likeness (QED) is 0.615. The molecule has 1 aromatic heterocycles. The third-order valence-corrected chi connectivity index (χ3v) is 6.32. The molecule has 8 nitrogen and oxygen atoms in total. The van der Waals surface area contributed by atoms with E-state index in [0.29, 0.717) is 11.0 Å². The number of aromatic amines is 2. The molecule has 1 amide bonds. The summed E-state index contributed by atoms with van der Waals surface area (Å²) in [6.07, 6.45) is 0. The van der Waals surface area contributed by atoms with Gasteiger partial charge in [-0.1, -0.05) is 18.2 Å². The van der Waals surface area contributed by atoms with E-state index in [1.807, 2.05) is 0 Å². The van der Waals surface area contributed by atoms with E-state index in [9.17, 15) is 22.4 Å². The van der Waals surface area contributed by atoms with Crippen molar-refractivity contribution in [2.24, 2.45) is 0 Å². The van der Waals surface area contributed by atoms with Crippen molar-refractivity contribution in [1.82, 2.24) is 19.6 Å². The van der Waals surface area contributed by atoms with Crippen LogP contribution in [0.2, 0.25) is 0 Å². The number of amides is 1. The van der Waals surface area contributed by atoms with Gasteiger partial charge in [-0.05, 0) is 24.3 Å². The second-order valence-electron chi connectivity index (χ2n) is 6.12. The van der Waals surface area contributed by atoms with Gasteiger partial charge in [0.25, 0.3) is 0 Å². The molecule has 3 N–H and O–H groups in total. The Labute approximate surface area is 153 Å². The van der Waals surface area contributed by atoms with E-state index in [4.69, 9.17) is 0 Å². The summed E-state index contributed by atoms with van der Waals surface area (Å²) in [5, 5.41) is 2.58. The van der Waals surface area contributed by atoms with Gasteiger partial charge in [-0.15, -0.1) is 0 Å². The SMILES string of the molecule is O=C1NCCN(S(=O)(=O)c2ccc3[nH]c(=O)[nH]c3c2)C1c1ccccc1F. The zero-order valence-electron chi connectivity index (χ0n) is 13.9. The van der Waals surface area contributed by atoms with Gasteiger partial charge in [0, 0.05) is 18.7 Å². The summed E-state index contributed by atoms with van der Waals surface area (Å²) >= 11 is 0. The molecular weight excluding hydrogens is 375 g/mol. The van der Waals surface area contributed by atoms with Crippen LogP contribution in [0.3, 0.4) is 0 Å². The Morgan fingerprint density at radius 2 is 1.78 bits per heavy atom. The Morgan fingerprint density at radius 3 is 2.56 bits per heavy atom. The monoisotopic (exact) mass is 390 g/mol. The largest absolute Gasteiger partial charge is 0.353 e. The van der Waals surface area contributed by atoms with Gasteiger partial charge in [0.15, 0.2) is 0 Å². The van der Waals surface area contributed by atoms with E-state index >= 15 is 0 Å². The van der Waals surface area contributed by atoms with Gasteiger partial charge < -0.3 is 15.3 Å². The van der Waals surface area contributed by atoms with E-state index in [-0.39, 0.29) is 23.5 Å². The number of hydrogen-bond acceptors (Lipinski definition) is 4. The topological polar surface area (TPSA) is 115 Å². The van der Waals surface area contributed by atoms with Gasteiger partial charge in [-0.3, -0.25) is 4.79 Å². The van der Waals surface area contributed by atoms with Gasteiger partial charge in [0.1, 0.15) is 11.9 Å². The fraction of sp³-hybridized carbons (Fsp3) is 0.176. The number of imidazole rings is 1. The lowest BCUT2D eigenvalue weighted by molar-refractivity contribution is -0.127.